The molecule has 2 aromatic rings. The van der Waals surface area contributed by atoms with Gasteiger partial charge in [-0.1, -0.05) is 6.07 Å². The maximum atomic E-state index is 9.30. The fraction of sp³-hybridized carbons (Fsp3) is 0.467. The Morgan fingerprint density at radius 1 is 1.32 bits per heavy atom. The van der Waals surface area contributed by atoms with Crippen molar-refractivity contribution in [3.63, 3.8) is 0 Å². The number of nitrogens with zero attached hydrogens (tertiary/aromatic N) is 1. The van der Waals surface area contributed by atoms with Crippen molar-refractivity contribution in [2.24, 2.45) is 5.41 Å². The lowest BCUT2D eigenvalue weighted by atomic mass is 10.1. The Balaban J connectivity index is 1.55. The van der Waals surface area contributed by atoms with Gasteiger partial charge in [0.25, 0.3) is 0 Å². The van der Waals surface area contributed by atoms with E-state index in [1.165, 1.54) is 10.6 Å². The third-order valence-corrected chi connectivity index (χ3v) is 4.79. The highest BCUT2D eigenvalue weighted by molar-refractivity contribution is 7.09. The van der Waals surface area contributed by atoms with E-state index in [1.807, 2.05) is 0 Å². The topological polar surface area (TPSA) is 37.2 Å². The van der Waals surface area contributed by atoms with Gasteiger partial charge in [-0.3, -0.25) is 0 Å². The van der Waals surface area contributed by atoms with Crippen LogP contribution in [-0.4, -0.2) is 22.8 Å². The third-order valence-electron chi connectivity index (χ3n) is 3.93. The van der Waals surface area contributed by atoms with Crippen molar-refractivity contribution in [3.05, 3.63) is 46.4 Å². The summed E-state index contributed by atoms with van der Waals surface area (Å²) in [5.74, 6) is 0. The molecule has 2 aromatic heterocycles. The lowest BCUT2D eigenvalue weighted by Gasteiger charge is -2.14. The summed E-state index contributed by atoms with van der Waals surface area (Å²) in [6.07, 6.45) is 4.45. The molecule has 1 fully saturated rings. The molecule has 2 heterocycles. The van der Waals surface area contributed by atoms with Gasteiger partial charge in [-0.25, -0.2) is 0 Å². The summed E-state index contributed by atoms with van der Waals surface area (Å²) in [4.78, 5) is 1.38. The van der Waals surface area contributed by atoms with Crippen LogP contribution in [0.3, 0.4) is 0 Å². The maximum absolute atomic E-state index is 9.30. The van der Waals surface area contributed by atoms with Crippen molar-refractivity contribution in [1.29, 1.82) is 0 Å². The number of hydrogen-bond acceptors (Lipinski definition) is 3. The second-order valence-corrected chi connectivity index (χ2v) is 6.50. The Hall–Kier alpha value is -1.10. The van der Waals surface area contributed by atoms with E-state index in [2.05, 4.69) is 45.7 Å². The predicted molar refractivity (Wildman–Crippen MR) is 78.3 cm³/mol. The zero-order valence-corrected chi connectivity index (χ0v) is 11.8. The van der Waals surface area contributed by atoms with Crippen LogP contribution in [0.2, 0.25) is 0 Å². The standard InChI is InChI=1S/C15H20N2OS/c18-12-15(5-6-15)11-16-9-13-3-1-7-17(13)10-14-4-2-8-19-14/h1-4,7-8,16,18H,5-6,9-12H2. The molecule has 19 heavy (non-hydrogen) atoms. The number of rotatable bonds is 7. The molecule has 102 valence electrons. The first-order valence-corrected chi connectivity index (χ1v) is 7.67. The molecule has 0 radical (unpaired) electrons. The maximum Gasteiger partial charge on any atom is 0.0566 e. The molecule has 3 nitrogen and oxygen atoms in total. The van der Waals surface area contributed by atoms with Gasteiger partial charge in [-0.05, 0) is 36.4 Å². The van der Waals surface area contributed by atoms with Crippen LogP contribution in [-0.2, 0) is 13.1 Å². The molecule has 3 rings (SSSR count). The summed E-state index contributed by atoms with van der Waals surface area (Å²) in [5.41, 5.74) is 1.49. The van der Waals surface area contributed by atoms with Gasteiger partial charge < -0.3 is 15.0 Å². The Labute approximate surface area is 117 Å². The summed E-state index contributed by atoms with van der Waals surface area (Å²) in [6.45, 7) is 3.07. The van der Waals surface area contributed by atoms with Crippen molar-refractivity contribution in [2.45, 2.75) is 25.9 Å². The summed E-state index contributed by atoms with van der Waals surface area (Å²) in [7, 11) is 0. The number of aliphatic hydroxyl groups excluding tert-OH is 1. The quantitative estimate of drug-likeness (QED) is 0.815. The number of hydrogen-bond donors (Lipinski definition) is 2. The van der Waals surface area contributed by atoms with Crippen molar-refractivity contribution in [1.82, 2.24) is 9.88 Å². The number of nitrogens with one attached hydrogen (secondary N) is 1. The van der Waals surface area contributed by atoms with E-state index >= 15 is 0 Å². The molecule has 1 aliphatic carbocycles. The van der Waals surface area contributed by atoms with Gasteiger partial charge in [0.1, 0.15) is 0 Å². The van der Waals surface area contributed by atoms with Gasteiger partial charge in [-0.15, -0.1) is 11.3 Å². The third kappa shape index (κ3) is 3.08. The highest BCUT2D eigenvalue weighted by Gasteiger charge is 2.41. The molecule has 0 unspecified atom stereocenters. The van der Waals surface area contributed by atoms with Crippen LogP contribution in [0.15, 0.2) is 35.8 Å². The number of aromatic nitrogens is 1. The smallest absolute Gasteiger partial charge is 0.0566 e. The molecule has 0 amide bonds. The highest BCUT2D eigenvalue weighted by atomic mass is 32.1. The zero-order valence-electron chi connectivity index (χ0n) is 11.0. The zero-order chi connectivity index (χ0) is 13.1. The summed E-state index contributed by atoms with van der Waals surface area (Å²) in [6, 6.07) is 8.54. The monoisotopic (exact) mass is 276 g/mol. The summed E-state index contributed by atoms with van der Waals surface area (Å²) in [5, 5.41) is 14.9. The second kappa shape index (κ2) is 5.49. The number of thiophene rings is 1. The molecule has 0 spiro atoms. The van der Waals surface area contributed by atoms with Crippen LogP contribution in [0, 0.1) is 5.41 Å². The van der Waals surface area contributed by atoms with Crippen LogP contribution in [0.25, 0.3) is 0 Å². The van der Waals surface area contributed by atoms with E-state index in [0.717, 1.165) is 32.5 Å². The Bertz CT molecular complexity index is 514. The fourth-order valence-corrected chi connectivity index (χ4v) is 3.06. The van der Waals surface area contributed by atoms with E-state index in [4.69, 9.17) is 0 Å². The van der Waals surface area contributed by atoms with E-state index in [1.54, 1.807) is 11.3 Å². The Morgan fingerprint density at radius 2 is 2.21 bits per heavy atom. The minimum absolute atomic E-state index is 0.186. The molecule has 0 saturated heterocycles. The van der Waals surface area contributed by atoms with Gasteiger partial charge in [0.15, 0.2) is 0 Å². The van der Waals surface area contributed by atoms with E-state index in [-0.39, 0.29) is 5.41 Å². The van der Waals surface area contributed by atoms with Gasteiger partial charge >= 0.3 is 0 Å². The molecule has 0 aliphatic heterocycles. The van der Waals surface area contributed by atoms with Gasteiger partial charge in [-0.2, -0.15) is 0 Å². The van der Waals surface area contributed by atoms with Crippen LogP contribution in [0.4, 0.5) is 0 Å². The van der Waals surface area contributed by atoms with Crippen molar-refractivity contribution in [2.75, 3.05) is 13.2 Å². The lowest BCUT2D eigenvalue weighted by Crippen LogP contribution is -2.26. The van der Waals surface area contributed by atoms with Gasteiger partial charge in [0.05, 0.1) is 6.54 Å². The van der Waals surface area contributed by atoms with E-state index in [0.29, 0.717) is 6.61 Å². The van der Waals surface area contributed by atoms with Gasteiger partial charge in [0, 0.05) is 41.9 Å². The van der Waals surface area contributed by atoms with Crippen molar-refractivity contribution < 1.29 is 5.11 Å². The minimum atomic E-state index is 0.186. The molecular weight excluding hydrogens is 256 g/mol. The molecule has 0 bridgehead atoms. The largest absolute Gasteiger partial charge is 0.396 e. The van der Waals surface area contributed by atoms with Crippen LogP contribution in [0.1, 0.15) is 23.4 Å². The molecule has 4 heteroatoms. The average Bonchev–Trinajstić information content (AvgIpc) is 2.83. The molecule has 1 saturated carbocycles. The molecule has 2 N–H and O–H groups in total. The first-order valence-electron chi connectivity index (χ1n) is 6.79. The number of aliphatic hydroxyl groups is 1. The molecule has 0 atom stereocenters. The molecule has 0 aromatic carbocycles. The average molecular weight is 276 g/mol. The van der Waals surface area contributed by atoms with E-state index in [9.17, 15) is 5.11 Å². The second-order valence-electron chi connectivity index (χ2n) is 5.47. The van der Waals surface area contributed by atoms with Crippen LogP contribution in [0.5, 0.6) is 0 Å². The summed E-state index contributed by atoms with van der Waals surface area (Å²) < 4.78 is 2.29. The first-order chi connectivity index (χ1) is 9.31. The SMILES string of the molecule is OCC1(CNCc2cccn2Cc2cccs2)CC1. The fourth-order valence-electron chi connectivity index (χ4n) is 2.36. The highest BCUT2D eigenvalue weighted by Crippen LogP contribution is 2.44. The van der Waals surface area contributed by atoms with Gasteiger partial charge in [0.2, 0.25) is 0 Å². The Morgan fingerprint density at radius 3 is 2.89 bits per heavy atom. The lowest BCUT2D eigenvalue weighted by molar-refractivity contribution is 0.207. The molecule has 1 aliphatic rings. The molecular formula is C15H20N2OS. The normalized spacial score (nSPS) is 16.7. The van der Waals surface area contributed by atoms with Crippen molar-refractivity contribution in [3.8, 4) is 0 Å². The summed E-state index contributed by atoms with van der Waals surface area (Å²) >= 11 is 1.80. The van der Waals surface area contributed by atoms with Crippen LogP contribution < -0.4 is 5.32 Å². The van der Waals surface area contributed by atoms with E-state index < -0.39 is 0 Å². The minimum Gasteiger partial charge on any atom is -0.396 e. The van der Waals surface area contributed by atoms with Crippen LogP contribution >= 0.6 is 11.3 Å². The van der Waals surface area contributed by atoms with Crippen molar-refractivity contribution >= 4 is 11.3 Å². The predicted octanol–water partition coefficient (Wildman–Crippen LogP) is 2.46. The Kier molecular flexibility index (Phi) is 3.73. The first kappa shape index (κ1) is 12.9.